The molecule has 1 aliphatic rings. The van der Waals surface area contributed by atoms with Gasteiger partial charge in [0.05, 0.1) is 12.7 Å². The number of nitrogens with zero attached hydrogens (tertiary/aromatic N) is 1. The topological polar surface area (TPSA) is 102 Å². The lowest BCUT2D eigenvalue weighted by Crippen LogP contribution is -2.41. The Kier molecular flexibility index (Phi) is 8.04. The van der Waals surface area contributed by atoms with E-state index in [0.717, 1.165) is 30.0 Å². The summed E-state index contributed by atoms with van der Waals surface area (Å²) in [5.74, 6) is -0.999. The van der Waals surface area contributed by atoms with Crippen molar-refractivity contribution in [2.24, 2.45) is 0 Å². The molecule has 1 aromatic rings. The first-order chi connectivity index (χ1) is 13.7. The Morgan fingerprint density at radius 1 is 1.14 bits per heavy atom. The van der Waals surface area contributed by atoms with Gasteiger partial charge in [-0.2, -0.15) is 0 Å². The number of esters is 1. The molecule has 0 unspecified atom stereocenters. The van der Waals surface area contributed by atoms with Crippen LogP contribution in [0.25, 0.3) is 0 Å². The number of hydrogen-bond acceptors (Lipinski definition) is 6. The van der Waals surface area contributed by atoms with Crippen molar-refractivity contribution in [3.8, 4) is 5.75 Å². The second-order valence-electron chi connectivity index (χ2n) is 7.40. The minimum atomic E-state index is -3.82. The fourth-order valence-corrected chi connectivity index (χ4v) is 4.30. The molecule has 1 saturated carbocycles. The number of sulfonamides is 1. The smallest absolute Gasteiger partial charge is 0.338 e. The van der Waals surface area contributed by atoms with Gasteiger partial charge in [0.25, 0.3) is 5.91 Å². The first kappa shape index (κ1) is 23.2. The maximum Gasteiger partial charge on any atom is 0.338 e. The molecule has 0 spiro atoms. The third-order valence-electron chi connectivity index (χ3n) is 5.01. The molecule has 1 fully saturated rings. The Hall–Kier alpha value is -2.13. The molecule has 1 N–H and O–H groups in total. The highest BCUT2D eigenvalue weighted by Crippen LogP contribution is 2.27. The molecule has 8 nitrogen and oxygen atoms in total. The lowest BCUT2D eigenvalue weighted by molar-refractivity contribution is -0.129. The Bertz CT molecular complexity index is 829. The van der Waals surface area contributed by atoms with Gasteiger partial charge in [0.15, 0.2) is 6.10 Å². The van der Waals surface area contributed by atoms with Crippen LogP contribution in [-0.2, 0) is 19.6 Å². The number of amides is 1. The molecule has 162 valence electrons. The number of carbonyl (C=O) groups is 2. The zero-order chi connectivity index (χ0) is 21.6. The third kappa shape index (κ3) is 5.93. The van der Waals surface area contributed by atoms with Crippen molar-refractivity contribution in [3.63, 3.8) is 0 Å². The van der Waals surface area contributed by atoms with Crippen molar-refractivity contribution >= 4 is 21.9 Å². The maximum atomic E-state index is 12.5. The van der Waals surface area contributed by atoms with Crippen LogP contribution in [0.2, 0.25) is 0 Å². The summed E-state index contributed by atoms with van der Waals surface area (Å²) in [7, 11) is 0.304. The highest BCUT2D eigenvalue weighted by molar-refractivity contribution is 7.89. The van der Waals surface area contributed by atoms with E-state index in [2.05, 4.69) is 5.32 Å². The molecule has 29 heavy (non-hydrogen) atoms. The summed E-state index contributed by atoms with van der Waals surface area (Å²) < 4.78 is 36.4. The highest BCUT2D eigenvalue weighted by atomic mass is 32.2. The number of ether oxygens (including phenoxy) is 2. The average molecular weight is 427 g/mol. The fourth-order valence-electron chi connectivity index (χ4n) is 3.23. The van der Waals surface area contributed by atoms with Gasteiger partial charge in [-0.05, 0) is 38.0 Å². The van der Waals surface area contributed by atoms with Crippen molar-refractivity contribution in [1.82, 2.24) is 9.62 Å². The molecule has 1 amide bonds. The quantitative estimate of drug-likeness (QED) is 0.530. The Morgan fingerprint density at radius 2 is 1.76 bits per heavy atom. The van der Waals surface area contributed by atoms with E-state index >= 15 is 0 Å². The van der Waals surface area contributed by atoms with Gasteiger partial charge >= 0.3 is 5.97 Å². The Labute approximate surface area is 172 Å². The van der Waals surface area contributed by atoms with Gasteiger partial charge in [-0.25, -0.2) is 17.5 Å². The van der Waals surface area contributed by atoms with E-state index in [9.17, 15) is 18.0 Å². The van der Waals surface area contributed by atoms with Crippen LogP contribution in [0.4, 0.5) is 0 Å². The zero-order valence-corrected chi connectivity index (χ0v) is 18.3. The normalized spacial score (nSPS) is 16.7. The van der Waals surface area contributed by atoms with Gasteiger partial charge in [-0.15, -0.1) is 0 Å². The minimum Gasteiger partial charge on any atom is -0.495 e. The summed E-state index contributed by atoms with van der Waals surface area (Å²) >= 11 is 0. The number of benzene rings is 1. The van der Waals surface area contributed by atoms with Gasteiger partial charge in [0, 0.05) is 20.1 Å². The molecule has 1 aliphatic carbocycles. The van der Waals surface area contributed by atoms with Crippen molar-refractivity contribution in [1.29, 1.82) is 0 Å². The van der Waals surface area contributed by atoms with E-state index in [1.807, 2.05) is 0 Å². The molecule has 2 rings (SSSR count). The summed E-state index contributed by atoms with van der Waals surface area (Å²) in [5, 5.41) is 2.95. The summed E-state index contributed by atoms with van der Waals surface area (Å²) in [6.45, 7) is 1.50. The van der Waals surface area contributed by atoms with Crippen LogP contribution >= 0.6 is 0 Å². The summed E-state index contributed by atoms with van der Waals surface area (Å²) in [6, 6.07) is 4.10. The molecule has 0 bridgehead atoms. The van der Waals surface area contributed by atoms with Crippen molar-refractivity contribution in [2.75, 3.05) is 21.2 Å². The minimum absolute atomic E-state index is 0.0281. The second kappa shape index (κ2) is 10.1. The Balaban J connectivity index is 2.10. The summed E-state index contributed by atoms with van der Waals surface area (Å²) in [6.07, 6.45) is 5.37. The first-order valence-electron chi connectivity index (χ1n) is 9.78. The van der Waals surface area contributed by atoms with Crippen LogP contribution < -0.4 is 10.1 Å². The molecule has 0 radical (unpaired) electrons. The SMILES string of the molecule is COc1ccc(C(=O)O[C@@H](C)C(=O)NC2CCCCCC2)cc1S(=O)(=O)N(C)C. The predicted molar refractivity (Wildman–Crippen MR) is 108 cm³/mol. The van der Waals surface area contributed by atoms with Crippen LogP contribution in [0.3, 0.4) is 0 Å². The maximum absolute atomic E-state index is 12.5. The number of nitrogens with one attached hydrogen (secondary N) is 1. The van der Waals surface area contributed by atoms with E-state index in [4.69, 9.17) is 9.47 Å². The van der Waals surface area contributed by atoms with Crippen molar-refractivity contribution < 1.29 is 27.5 Å². The molecule has 9 heteroatoms. The van der Waals surface area contributed by atoms with E-state index in [1.165, 1.54) is 59.2 Å². The zero-order valence-electron chi connectivity index (χ0n) is 17.4. The summed E-state index contributed by atoms with van der Waals surface area (Å²) in [4.78, 5) is 24.8. The van der Waals surface area contributed by atoms with E-state index in [-0.39, 0.29) is 28.2 Å². The van der Waals surface area contributed by atoms with Crippen LogP contribution in [0.1, 0.15) is 55.8 Å². The monoisotopic (exact) mass is 426 g/mol. The Morgan fingerprint density at radius 3 is 2.31 bits per heavy atom. The number of methoxy groups -OCH3 is 1. The first-order valence-corrected chi connectivity index (χ1v) is 11.2. The van der Waals surface area contributed by atoms with Gasteiger partial charge in [-0.1, -0.05) is 25.7 Å². The molecule has 0 aliphatic heterocycles. The van der Waals surface area contributed by atoms with E-state index in [1.54, 1.807) is 0 Å². The number of carbonyl (C=O) groups excluding carboxylic acids is 2. The molecule has 0 heterocycles. The van der Waals surface area contributed by atoms with Gasteiger partial charge in [0.2, 0.25) is 10.0 Å². The number of rotatable bonds is 7. The average Bonchev–Trinajstić information content (AvgIpc) is 2.95. The standard InChI is InChI=1S/C20H30N2O6S/c1-14(19(23)21-16-9-7-5-6-8-10-16)28-20(24)15-11-12-17(27-4)18(13-15)29(25,26)22(2)3/h11-14,16H,5-10H2,1-4H3,(H,21,23)/t14-/m0/s1. The van der Waals surface area contributed by atoms with Gasteiger partial charge < -0.3 is 14.8 Å². The largest absolute Gasteiger partial charge is 0.495 e. The lowest BCUT2D eigenvalue weighted by atomic mass is 10.1. The fraction of sp³-hybridized carbons (Fsp3) is 0.600. The lowest BCUT2D eigenvalue weighted by Gasteiger charge is -2.20. The third-order valence-corrected chi connectivity index (χ3v) is 6.85. The molecule has 1 atom stereocenters. The predicted octanol–water partition coefficient (Wildman–Crippen LogP) is 2.33. The van der Waals surface area contributed by atoms with Crippen molar-refractivity contribution in [3.05, 3.63) is 23.8 Å². The molecule has 1 aromatic carbocycles. The molecule has 0 aromatic heterocycles. The van der Waals surface area contributed by atoms with Gasteiger partial charge in [0.1, 0.15) is 10.6 Å². The second-order valence-corrected chi connectivity index (χ2v) is 9.52. The van der Waals surface area contributed by atoms with Crippen LogP contribution in [0, 0.1) is 0 Å². The van der Waals surface area contributed by atoms with Crippen LogP contribution in [0.5, 0.6) is 5.75 Å². The van der Waals surface area contributed by atoms with E-state index in [0.29, 0.717) is 0 Å². The van der Waals surface area contributed by atoms with Crippen LogP contribution in [0.15, 0.2) is 23.1 Å². The van der Waals surface area contributed by atoms with Crippen molar-refractivity contribution in [2.45, 2.75) is 62.5 Å². The molecule has 0 saturated heterocycles. The molecular weight excluding hydrogens is 396 g/mol. The highest BCUT2D eigenvalue weighted by Gasteiger charge is 2.26. The van der Waals surface area contributed by atoms with E-state index < -0.39 is 22.1 Å². The summed E-state index contributed by atoms with van der Waals surface area (Å²) in [5.41, 5.74) is 0.0281. The van der Waals surface area contributed by atoms with Crippen LogP contribution in [-0.4, -0.2) is 58.0 Å². The molecular formula is C20H30N2O6S. The van der Waals surface area contributed by atoms with Gasteiger partial charge in [-0.3, -0.25) is 4.79 Å². The number of hydrogen-bond donors (Lipinski definition) is 1.